The first-order valence-electron chi connectivity index (χ1n) is 7.39. The molecule has 1 N–H and O–H groups in total. The molecule has 20 heavy (non-hydrogen) atoms. The molecule has 1 aromatic carbocycles. The molecular formula is C16H22N2O2. The van der Waals surface area contributed by atoms with Crippen molar-refractivity contribution in [3.63, 3.8) is 0 Å². The van der Waals surface area contributed by atoms with Gasteiger partial charge >= 0.3 is 0 Å². The van der Waals surface area contributed by atoms with Gasteiger partial charge in [-0.1, -0.05) is 24.3 Å². The fraction of sp³-hybridized carbons (Fsp3) is 0.562. The number of hydrogen-bond acceptors (Lipinski definition) is 3. The lowest BCUT2D eigenvalue weighted by Crippen LogP contribution is -2.52. The van der Waals surface area contributed by atoms with Gasteiger partial charge in [0.1, 0.15) is 0 Å². The summed E-state index contributed by atoms with van der Waals surface area (Å²) in [6.45, 7) is 2.43. The second-order valence-electron chi connectivity index (χ2n) is 5.67. The number of nitrogens with one attached hydrogen (secondary N) is 1. The first-order chi connectivity index (χ1) is 9.78. The molecule has 2 aliphatic rings. The van der Waals surface area contributed by atoms with Crippen molar-refractivity contribution >= 4 is 5.91 Å². The fourth-order valence-corrected chi connectivity index (χ4v) is 3.16. The summed E-state index contributed by atoms with van der Waals surface area (Å²) in [6.07, 6.45) is 3.02. The van der Waals surface area contributed by atoms with Crippen LogP contribution in [-0.4, -0.2) is 43.2 Å². The van der Waals surface area contributed by atoms with Crippen molar-refractivity contribution in [2.75, 3.05) is 20.2 Å². The highest BCUT2D eigenvalue weighted by Gasteiger charge is 2.30. The molecule has 0 saturated carbocycles. The number of fused-ring (bicyclic) bond motifs is 1. The first-order valence-corrected chi connectivity index (χ1v) is 7.39. The highest BCUT2D eigenvalue weighted by molar-refractivity contribution is 5.82. The molecule has 1 unspecified atom stereocenters. The van der Waals surface area contributed by atoms with E-state index in [0.717, 1.165) is 38.9 Å². The molecule has 0 bridgehead atoms. The molecule has 0 aromatic heterocycles. The lowest BCUT2D eigenvalue weighted by atomic mass is 9.94. The molecular weight excluding hydrogens is 252 g/mol. The predicted molar refractivity (Wildman–Crippen MR) is 77.4 cm³/mol. The lowest BCUT2D eigenvalue weighted by Gasteiger charge is -2.35. The van der Waals surface area contributed by atoms with Crippen LogP contribution < -0.4 is 5.32 Å². The maximum absolute atomic E-state index is 12.6. The normalized spacial score (nSPS) is 23.4. The molecule has 108 valence electrons. The van der Waals surface area contributed by atoms with Gasteiger partial charge in [-0.25, -0.2) is 0 Å². The Bertz CT molecular complexity index is 481. The van der Waals surface area contributed by atoms with Gasteiger partial charge in [0.2, 0.25) is 5.91 Å². The Hall–Kier alpha value is -1.39. The van der Waals surface area contributed by atoms with Crippen LogP contribution in [0.4, 0.5) is 0 Å². The van der Waals surface area contributed by atoms with Crippen LogP contribution in [0.25, 0.3) is 0 Å². The van der Waals surface area contributed by atoms with E-state index in [1.807, 2.05) is 4.90 Å². The van der Waals surface area contributed by atoms with Gasteiger partial charge < -0.3 is 15.0 Å². The maximum Gasteiger partial charge on any atom is 0.240 e. The van der Waals surface area contributed by atoms with Gasteiger partial charge in [-0.05, 0) is 30.4 Å². The predicted octanol–water partition coefficient (Wildman–Crippen LogP) is 1.34. The van der Waals surface area contributed by atoms with E-state index < -0.39 is 0 Å². The van der Waals surface area contributed by atoms with Crippen LogP contribution in [0.5, 0.6) is 0 Å². The smallest absolute Gasteiger partial charge is 0.240 e. The van der Waals surface area contributed by atoms with Crippen LogP contribution in [0.2, 0.25) is 0 Å². The number of piperidine rings is 1. The van der Waals surface area contributed by atoms with Crippen molar-refractivity contribution in [1.29, 1.82) is 0 Å². The number of likely N-dealkylation sites (tertiary alicyclic amines) is 1. The van der Waals surface area contributed by atoms with Gasteiger partial charge in [0.15, 0.2) is 0 Å². The third-order valence-electron chi connectivity index (χ3n) is 4.47. The van der Waals surface area contributed by atoms with Crippen molar-refractivity contribution in [3.8, 4) is 0 Å². The van der Waals surface area contributed by atoms with E-state index in [4.69, 9.17) is 4.74 Å². The van der Waals surface area contributed by atoms with Crippen molar-refractivity contribution in [3.05, 3.63) is 35.4 Å². The van der Waals surface area contributed by atoms with Crippen LogP contribution in [0.15, 0.2) is 24.3 Å². The number of methoxy groups -OCH3 is 1. The minimum absolute atomic E-state index is 0.0657. The Morgan fingerprint density at radius 2 is 1.95 bits per heavy atom. The summed E-state index contributed by atoms with van der Waals surface area (Å²) in [7, 11) is 1.75. The summed E-state index contributed by atoms with van der Waals surface area (Å²) >= 11 is 0. The summed E-state index contributed by atoms with van der Waals surface area (Å²) < 4.78 is 5.36. The number of carbonyl (C=O) groups is 1. The van der Waals surface area contributed by atoms with Crippen LogP contribution in [0.1, 0.15) is 24.0 Å². The number of amides is 1. The zero-order chi connectivity index (χ0) is 13.9. The monoisotopic (exact) mass is 274 g/mol. The van der Waals surface area contributed by atoms with Gasteiger partial charge in [0.25, 0.3) is 0 Å². The van der Waals surface area contributed by atoms with Crippen molar-refractivity contribution < 1.29 is 9.53 Å². The van der Waals surface area contributed by atoms with Gasteiger partial charge in [-0.15, -0.1) is 0 Å². The zero-order valence-corrected chi connectivity index (χ0v) is 12.0. The molecule has 0 aliphatic carbocycles. The van der Waals surface area contributed by atoms with Gasteiger partial charge in [0, 0.05) is 26.7 Å². The number of carbonyl (C=O) groups excluding carboxylic acids is 1. The average molecular weight is 274 g/mol. The van der Waals surface area contributed by atoms with Gasteiger partial charge in [-0.3, -0.25) is 4.79 Å². The van der Waals surface area contributed by atoms with E-state index in [-0.39, 0.29) is 11.9 Å². The molecule has 4 heteroatoms. The number of nitrogens with zero attached hydrogens (tertiary/aromatic N) is 1. The highest BCUT2D eigenvalue weighted by Crippen LogP contribution is 2.19. The molecule has 1 fully saturated rings. The minimum atomic E-state index is -0.0657. The van der Waals surface area contributed by atoms with Crippen molar-refractivity contribution in [1.82, 2.24) is 10.2 Å². The van der Waals surface area contributed by atoms with E-state index in [9.17, 15) is 4.79 Å². The molecule has 4 nitrogen and oxygen atoms in total. The number of rotatable bonds is 2. The number of hydrogen-bond donors (Lipinski definition) is 1. The number of benzene rings is 1. The second-order valence-corrected chi connectivity index (χ2v) is 5.67. The Labute approximate surface area is 120 Å². The molecule has 0 radical (unpaired) electrons. The molecule has 1 atom stereocenters. The molecule has 2 heterocycles. The third kappa shape index (κ3) is 2.72. The SMILES string of the molecule is COC1CCN(C(=O)C2Cc3ccccc3CN2)CC1. The molecule has 1 amide bonds. The van der Waals surface area contributed by atoms with E-state index in [2.05, 4.69) is 29.6 Å². The quantitative estimate of drug-likeness (QED) is 0.885. The summed E-state index contributed by atoms with van der Waals surface area (Å²) in [4.78, 5) is 14.6. The van der Waals surface area contributed by atoms with E-state index in [1.165, 1.54) is 11.1 Å². The average Bonchev–Trinajstić information content (AvgIpc) is 2.54. The number of ether oxygens (including phenoxy) is 1. The van der Waals surface area contributed by atoms with E-state index >= 15 is 0 Å². The zero-order valence-electron chi connectivity index (χ0n) is 12.0. The molecule has 1 saturated heterocycles. The Kier molecular flexibility index (Phi) is 4.03. The van der Waals surface area contributed by atoms with Gasteiger partial charge in [0.05, 0.1) is 12.1 Å². The maximum atomic E-state index is 12.6. The van der Waals surface area contributed by atoms with Crippen LogP contribution in [-0.2, 0) is 22.5 Å². The summed E-state index contributed by atoms with van der Waals surface area (Å²) in [5, 5.41) is 3.38. The van der Waals surface area contributed by atoms with Crippen LogP contribution >= 0.6 is 0 Å². The van der Waals surface area contributed by atoms with E-state index in [1.54, 1.807) is 7.11 Å². The summed E-state index contributed by atoms with van der Waals surface area (Å²) in [5.74, 6) is 0.244. The second kappa shape index (κ2) is 5.94. The standard InChI is InChI=1S/C16H22N2O2/c1-20-14-6-8-18(9-7-14)16(19)15-10-12-4-2-3-5-13(12)11-17-15/h2-5,14-15,17H,6-11H2,1H3. The van der Waals surface area contributed by atoms with Crippen molar-refractivity contribution in [2.45, 2.75) is 38.0 Å². The fourth-order valence-electron chi connectivity index (χ4n) is 3.16. The Balaban J connectivity index is 1.62. The largest absolute Gasteiger partial charge is 0.381 e. The van der Waals surface area contributed by atoms with Crippen LogP contribution in [0, 0.1) is 0 Å². The van der Waals surface area contributed by atoms with Gasteiger partial charge in [-0.2, -0.15) is 0 Å². The van der Waals surface area contributed by atoms with Crippen molar-refractivity contribution in [2.24, 2.45) is 0 Å². The minimum Gasteiger partial charge on any atom is -0.381 e. The Morgan fingerprint density at radius 3 is 2.65 bits per heavy atom. The summed E-state index contributed by atoms with van der Waals surface area (Å²) in [6, 6.07) is 8.30. The Morgan fingerprint density at radius 1 is 1.25 bits per heavy atom. The van der Waals surface area contributed by atoms with Crippen LogP contribution in [0.3, 0.4) is 0 Å². The lowest BCUT2D eigenvalue weighted by molar-refractivity contribution is -0.136. The molecule has 1 aromatic rings. The highest BCUT2D eigenvalue weighted by atomic mass is 16.5. The molecule has 0 spiro atoms. The third-order valence-corrected chi connectivity index (χ3v) is 4.47. The molecule has 2 aliphatic heterocycles. The topological polar surface area (TPSA) is 41.6 Å². The first kappa shape index (κ1) is 13.6. The molecule has 3 rings (SSSR count). The summed E-state index contributed by atoms with van der Waals surface area (Å²) in [5.41, 5.74) is 2.62. The van der Waals surface area contributed by atoms with E-state index in [0.29, 0.717) is 6.10 Å².